The molecular weight excluding hydrogens is 330 g/mol. The molecule has 0 aliphatic rings. The van der Waals surface area contributed by atoms with Gasteiger partial charge in [0.2, 0.25) is 5.91 Å². The van der Waals surface area contributed by atoms with Crippen LogP contribution < -0.4 is 10.1 Å². The highest BCUT2D eigenvalue weighted by molar-refractivity contribution is 9.10. The van der Waals surface area contributed by atoms with Gasteiger partial charge in [0.05, 0.1) is 6.54 Å². The van der Waals surface area contributed by atoms with Gasteiger partial charge in [0.25, 0.3) is 0 Å². The minimum absolute atomic E-state index is 0.0525. The molecule has 0 heterocycles. The predicted molar refractivity (Wildman–Crippen MR) is 87.4 cm³/mol. The standard InChI is InChI=1S/C17H18BrNO2/c18-15-7-4-8-16(13-15)21-12-11-19-17(20)10-9-14-5-2-1-3-6-14/h1-8,13H,9-12H2,(H,19,20). The molecule has 2 aromatic carbocycles. The van der Waals surface area contributed by atoms with Gasteiger partial charge in [-0.2, -0.15) is 0 Å². The van der Waals surface area contributed by atoms with Crippen molar-refractivity contribution in [3.05, 3.63) is 64.6 Å². The smallest absolute Gasteiger partial charge is 0.220 e. The SMILES string of the molecule is O=C(CCc1ccccc1)NCCOc1cccc(Br)c1. The Morgan fingerprint density at radius 2 is 1.90 bits per heavy atom. The van der Waals surface area contributed by atoms with E-state index in [1.807, 2.05) is 54.6 Å². The maximum absolute atomic E-state index is 11.7. The predicted octanol–water partition coefficient (Wildman–Crippen LogP) is 3.58. The molecule has 0 atom stereocenters. The Morgan fingerprint density at radius 1 is 1.10 bits per heavy atom. The highest BCUT2D eigenvalue weighted by Crippen LogP contribution is 2.17. The van der Waals surface area contributed by atoms with Gasteiger partial charge in [-0.25, -0.2) is 0 Å². The van der Waals surface area contributed by atoms with Crippen molar-refractivity contribution < 1.29 is 9.53 Å². The Kier molecular flexibility index (Phi) is 6.28. The number of halogens is 1. The number of ether oxygens (including phenoxy) is 1. The lowest BCUT2D eigenvalue weighted by Crippen LogP contribution is -2.28. The van der Waals surface area contributed by atoms with Crippen LogP contribution in [-0.4, -0.2) is 19.1 Å². The molecule has 4 heteroatoms. The molecule has 110 valence electrons. The van der Waals surface area contributed by atoms with Crippen LogP contribution in [-0.2, 0) is 11.2 Å². The molecule has 2 rings (SSSR count). The second-order valence-corrected chi connectivity index (χ2v) is 5.56. The molecular formula is C17H18BrNO2. The summed E-state index contributed by atoms with van der Waals surface area (Å²) >= 11 is 3.39. The van der Waals surface area contributed by atoms with Gasteiger partial charge in [-0.3, -0.25) is 4.79 Å². The first-order valence-electron chi connectivity index (χ1n) is 6.93. The second-order valence-electron chi connectivity index (χ2n) is 4.64. The summed E-state index contributed by atoms with van der Waals surface area (Å²) < 4.78 is 6.53. The van der Waals surface area contributed by atoms with Crippen LogP contribution in [0.3, 0.4) is 0 Å². The largest absolute Gasteiger partial charge is 0.492 e. The number of benzene rings is 2. The van der Waals surface area contributed by atoms with Crippen molar-refractivity contribution in [2.75, 3.05) is 13.2 Å². The molecule has 3 nitrogen and oxygen atoms in total. The third-order valence-corrected chi connectivity index (χ3v) is 3.47. The molecule has 1 N–H and O–H groups in total. The Bertz CT molecular complexity index is 572. The van der Waals surface area contributed by atoms with Crippen molar-refractivity contribution in [1.29, 1.82) is 0 Å². The first-order valence-corrected chi connectivity index (χ1v) is 7.72. The van der Waals surface area contributed by atoms with Crippen molar-refractivity contribution in [3.63, 3.8) is 0 Å². The molecule has 0 fully saturated rings. The number of nitrogens with one attached hydrogen (secondary N) is 1. The maximum atomic E-state index is 11.7. The zero-order chi connectivity index (χ0) is 14.9. The fourth-order valence-corrected chi connectivity index (χ4v) is 2.29. The average Bonchev–Trinajstić information content (AvgIpc) is 2.51. The number of hydrogen-bond donors (Lipinski definition) is 1. The first kappa shape index (κ1) is 15.6. The normalized spacial score (nSPS) is 10.1. The van der Waals surface area contributed by atoms with Crippen LogP contribution in [0.15, 0.2) is 59.1 Å². The van der Waals surface area contributed by atoms with Crippen molar-refractivity contribution in [2.24, 2.45) is 0 Å². The lowest BCUT2D eigenvalue weighted by molar-refractivity contribution is -0.121. The molecule has 0 radical (unpaired) electrons. The number of hydrogen-bond acceptors (Lipinski definition) is 2. The second kappa shape index (κ2) is 8.47. The fraction of sp³-hybridized carbons (Fsp3) is 0.235. The van der Waals surface area contributed by atoms with Gasteiger partial charge in [0.15, 0.2) is 0 Å². The van der Waals surface area contributed by atoms with E-state index in [1.54, 1.807) is 0 Å². The maximum Gasteiger partial charge on any atom is 0.220 e. The van der Waals surface area contributed by atoms with E-state index < -0.39 is 0 Å². The van der Waals surface area contributed by atoms with E-state index in [0.717, 1.165) is 16.6 Å². The molecule has 21 heavy (non-hydrogen) atoms. The average molecular weight is 348 g/mol. The summed E-state index contributed by atoms with van der Waals surface area (Å²) in [6.45, 7) is 0.980. The Balaban J connectivity index is 1.61. The number of rotatable bonds is 7. The highest BCUT2D eigenvalue weighted by Gasteiger charge is 2.02. The number of carbonyl (C=O) groups excluding carboxylic acids is 1. The van der Waals surface area contributed by atoms with E-state index in [1.165, 1.54) is 5.56 Å². The summed E-state index contributed by atoms with van der Waals surface area (Å²) in [6.07, 6.45) is 1.26. The fourth-order valence-electron chi connectivity index (χ4n) is 1.91. The highest BCUT2D eigenvalue weighted by atomic mass is 79.9. The number of amides is 1. The molecule has 0 saturated carbocycles. The molecule has 0 spiro atoms. The van der Waals surface area contributed by atoms with Gasteiger partial charge in [-0.1, -0.05) is 52.3 Å². The van der Waals surface area contributed by atoms with E-state index >= 15 is 0 Å². The Morgan fingerprint density at radius 3 is 2.67 bits per heavy atom. The van der Waals surface area contributed by atoms with Crippen LogP contribution in [0, 0.1) is 0 Å². The monoisotopic (exact) mass is 347 g/mol. The van der Waals surface area contributed by atoms with Crippen LogP contribution in [0.25, 0.3) is 0 Å². The van der Waals surface area contributed by atoms with Gasteiger partial charge >= 0.3 is 0 Å². The lowest BCUT2D eigenvalue weighted by atomic mass is 10.1. The van der Waals surface area contributed by atoms with Crippen LogP contribution >= 0.6 is 15.9 Å². The van der Waals surface area contributed by atoms with Gasteiger partial charge in [0.1, 0.15) is 12.4 Å². The van der Waals surface area contributed by atoms with Crippen LogP contribution in [0.2, 0.25) is 0 Å². The van der Waals surface area contributed by atoms with Gasteiger partial charge < -0.3 is 10.1 Å². The number of aryl methyl sites for hydroxylation is 1. The van der Waals surface area contributed by atoms with Gasteiger partial charge in [-0.15, -0.1) is 0 Å². The minimum Gasteiger partial charge on any atom is -0.492 e. The van der Waals surface area contributed by atoms with E-state index in [9.17, 15) is 4.79 Å². The zero-order valence-electron chi connectivity index (χ0n) is 11.7. The summed E-state index contributed by atoms with van der Waals surface area (Å²) in [5, 5.41) is 2.86. The summed E-state index contributed by atoms with van der Waals surface area (Å²) in [5.41, 5.74) is 1.18. The van der Waals surface area contributed by atoms with Crippen LogP contribution in [0.5, 0.6) is 5.75 Å². The third-order valence-electron chi connectivity index (χ3n) is 2.97. The molecule has 2 aromatic rings. The Hall–Kier alpha value is -1.81. The first-order chi connectivity index (χ1) is 10.2. The van der Waals surface area contributed by atoms with Crippen molar-refractivity contribution in [2.45, 2.75) is 12.8 Å². The molecule has 0 saturated heterocycles. The molecule has 0 aliphatic carbocycles. The summed E-state index contributed by atoms with van der Waals surface area (Å²) in [6, 6.07) is 17.7. The topological polar surface area (TPSA) is 38.3 Å². The van der Waals surface area contributed by atoms with Crippen LogP contribution in [0.4, 0.5) is 0 Å². The summed E-state index contributed by atoms with van der Waals surface area (Å²) in [7, 11) is 0. The lowest BCUT2D eigenvalue weighted by Gasteiger charge is -2.08. The van der Waals surface area contributed by atoms with Crippen molar-refractivity contribution in [1.82, 2.24) is 5.32 Å². The molecule has 0 unspecified atom stereocenters. The summed E-state index contributed by atoms with van der Waals surface area (Å²) in [4.78, 5) is 11.7. The number of carbonyl (C=O) groups is 1. The molecule has 0 aromatic heterocycles. The zero-order valence-corrected chi connectivity index (χ0v) is 13.3. The van der Waals surface area contributed by atoms with E-state index in [2.05, 4.69) is 21.2 Å². The minimum atomic E-state index is 0.0525. The van der Waals surface area contributed by atoms with Crippen LogP contribution in [0.1, 0.15) is 12.0 Å². The van der Waals surface area contributed by atoms with Crippen molar-refractivity contribution >= 4 is 21.8 Å². The van der Waals surface area contributed by atoms with E-state index in [0.29, 0.717) is 19.6 Å². The summed E-state index contributed by atoms with van der Waals surface area (Å²) in [5.74, 6) is 0.847. The van der Waals surface area contributed by atoms with E-state index in [-0.39, 0.29) is 5.91 Å². The third kappa shape index (κ3) is 6.00. The molecule has 0 bridgehead atoms. The van der Waals surface area contributed by atoms with Gasteiger partial charge in [0, 0.05) is 10.9 Å². The molecule has 1 amide bonds. The Labute approximate surface area is 133 Å². The van der Waals surface area contributed by atoms with Crippen molar-refractivity contribution in [3.8, 4) is 5.75 Å². The van der Waals surface area contributed by atoms with Gasteiger partial charge in [-0.05, 0) is 30.2 Å². The van der Waals surface area contributed by atoms with E-state index in [4.69, 9.17) is 4.74 Å². The quantitative estimate of drug-likeness (QED) is 0.777. The molecule has 0 aliphatic heterocycles.